The van der Waals surface area contributed by atoms with Crippen molar-refractivity contribution in [3.63, 3.8) is 0 Å². The van der Waals surface area contributed by atoms with Gasteiger partial charge < -0.3 is 4.57 Å². The fourth-order valence-electron chi connectivity index (χ4n) is 3.53. The van der Waals surface area contributed by atoms with Crippen molar-refractivity contribution in [2.24, 2.45) is 7.05 Å². The number of nitrogens with zero attached hydrogens (tertiary/aromatic N) is 4. The molecule has 25 heavy (non-hydrogen) atoms. The molecule has 3 aromatic rings. The summed E-state index contributed by atoms with van der Waals surface area (Å²) in [5.74, 6) is 1.02. The second-order valence-corrected chi connectivity index (χ2v) is 7.89. The largest absolute Gasteiger partial charge is 0.307 e. The Morgan fingerprint density at radius 3 is 2.80 bits per heavy atom. The molecule has 1 aromatic carbocycles. The van der Waals surface area contributed by atoms with Crippen molar-refractivity contribution >= 4 is 23.6 Å². The van der Waals surface area contributed by atoms with Crippen LogP contribution in [0.25, 0.3) is 0 Å². The number of hydrogen-bond acceptors (Lipinski definition) is 4. The maximum Gasteiger partial charge on any atom is 0.198 e. The van der Waals surface area contributed by atoms with E-state index in [1.165, 1.54) is 23.3 Å². The van der Waals surface area contributed by atoms with Crippen molar-refractivity contribution in [1.82, 2.24) is 19.2 Å². The fraction of sp³-hybridized carbons (Fsp3) is 0.368. The summed E-state index contributed by atoms with van der Waals surface area (Å²) in [6, 6.07) is 15.3. The first kappa shape index (κ1) is 16.7. The van der Waals surface area contributed by atoms with Crippen LogP contribution in [0.1, 0.15) is 35.1 Å². The molecule has 4 rings (SSSR count). The van der Waals surface area contributed by atoms with Gasteiger partial charge in [-0.1, -0.05) is 36.4 Å². The molecule has 1 fully saturated rings. The number of hydrogen-bond donors (Lipinski definition) is 0. The molecular weight excluding hydrogens is 348 g/mol. The van der Waals surface area contributed by atoms with Crippen LogP contribution in [0.5, 0.6) is 0 Å². The van der Waals surface area contributed by atoms with Crippen molar-refractivity contribution < 1.29 is 0 Å². The molecule has 0 bridgehead atoms. The molecule has 0 saturated carbocycles. The number of benzene rings is 1. The standard InChI is InChI=1S/C19H22N4S2/c1-21-18(13-15-7-3-2-4-8-15)20-23(19(21)24)14-22-11-5-9-16(22)17-10-6-12-25-17/h2-4,6-8,10,12,16H,5,9,11,13-14H2,1H3/t16-/m1/s1. The summed E-state index contributed by atoms with van der Waals surface area (Å²) >= 11 is 7.49. The van der Waals surface area contributed by atoms with Crippen LogP contribution in [0.4, 0.5) is 0 Å². The average molecular weight is 371 g/mol. The molecular formula is C19H22N4S2. The Labute approximate surface area is 157 Å². The van der Waals surface area contributed by atoms with E-state index in [0.717, 1.165) is 30.2 Å². The maximum atomic E-state index is 5.64. The molecule has 1 atom stereocenters. The summed E-state index contributed by atoms with van der Waals surface area (Å²) in [5, 5.41) is 6.98. The number of aromatic nitrogens is 3. The van der Waals surface area contributed by atoms with Crippen LogP contribution in [0, 0.1) is 4.77 Å². The second-order valence-electron chi connectivity index (χ2n) is 6.55. The summed E-state index contributed by atoms with van der Waals surface area (Å²) < 4.78 is 4.82. The zero-order valence-corrected chi connectivity index (χ0v) is 16.0. The van der Waals surface area contributed by atoms with Gasteiger partial charge in [0.2, 0.25) is 0 Å². The lowest BCUT2D eigenvalue weighted by Gasteiger charge is -2.23. The van der Waals surface area contributed by atoms with Gasteiger partial charge in [-0.2, -0.15) is 5.10 Å². The normalized spacial score (nSPS) is 18.0. The van der Waals surface area contributed by atoms with Crippen molar-refractivity contribution in [3.8, 4) is 0 Å². The van der Waals surface area contributed by atoms with E-state index in [1.807, 2.05) is 33.7 Å². The van der Waals surface area contributed by atoms with Gasteiger partial charge >= 0.3 is 0 Å². The molecule has 0 amide bonds. The van der Waals surface area contributed by atoms with Gasteiger partial charge in [0, 0.05) is 30.9 Å². The van der Waals surface area contributed by atoms with Gasteiger partial charge in [0.15, 0.2) is 4.77 Å². The van der Waals surface area contributed by atoms with E-state index in [0.29, 0.717) is 6.04 Å². The molecule has 0 spiro atoms. The zero-order chi connectivity index (χ0) is 17.2. The summed E-state index contributed by atoms with van der Waals surface area (Å²) in [7, 11) is 2.02. The van der Waals surface area contributed by atoms with E-state index >= 15 is 0 Å². The minimum atomic E-state index is 0.501. The first-order valence-electron chi connectivity index (χ1n) is 8.66. The van der Waals surface area contributed by atoms with Gasteiger partial charge in [-0.05, 0) is 42.1 Å². The van der Waals surface area contributed by atoms with Crippen LogP contribution in [0.2, 0.25) is 0 Å². The highest BCUT2D eigenvalue weighted by Gasteiger charge is 2.27. The molecule has 2 aromatic heterocycles. The summed E-state index contributed by atoms with van der Waals surface area (Å²) in [6.07, 6.45) is 3.26. The molecule has 1 aliphatic rings. The monoisotopic (exact) mass is 370 g/mol. The minimum Gasteiger partial charge on any atom is -0.307 e. The van der Waals surface area contributed by atoms with Crippen LogP contribution in [0.15, 0.2) is 47.8 Å². The lowest BCUT2D eigenvalue weighted by Crippen LogP contribution is -2.26. The molecule has 0 radical (unpaired) electrons. The van der Waals surface area contributed by atoms with Crippen LogP contribution >= 0.6 is 23.6 Å². The lowest BCUT2D eigenvalue weighted by molar-refractivity contribution is 0.192. The Balaban J connectivity index is 1.55. The lowest BCUT2D eigenvalue weighted by atomic mass is 10.1. The Bertz CT molecular complexity index is 880. The van der Waals surface area contributed by atoms with Crippen LogP contribution in [-0.4, -0.2) is 25.8 Å². The molecule has 0 aliphatic carbocycles. The van der Waals surface area contributed by atoms with Crippen molar-refractivity contribution in [3.05, 3.63) is 68.9 Å². The smallest absolute Gasteiger partial charge is 0.198 e. The highest BCUT2D eigenvalue weighted by atomic mass is 32.1. The number of thiophene rings is 1. The molecule has 130 valence electrons. The molecule has 1 aliphatic heterocycles. The summed E-state index contributed by atoms with van der Waals surface area (Å²) in [5.41, 5.74) is 1.26. The van der Waals surface area contributed by atoms with Crippen LogP contribution in [-0.2, 0) is 20.1 Å². The third kappa shape index (κ3) is 3.47. The Hall–Kier alpha value is -1.76. The quantitative estimate of drug-likeness (QED) is 0.623. The Kier molecular flexibility index (Phi) is 4.83. The van der Waals surface area contributed by atoms with E-state index in [1.54, 1.807) is 0 Å². The summed E-state index contributed by atoms with van der Waals surface area (Å²) in [6.45, 7) is 1.87. The van der Waals surface area contributed by atoms with Gasteiger partial charge in [0.25, 0.3) is 0 Å². The predicted molar refractivity (Wildman–Crippen MR) is 104 cm³/mol. The minimum absolute atomic E-state index is 0.501. The van der Waals surface area contributed by atoms with Crippen molar-refractivity contribution in [1.29, 1.82) is 0 Å². The first-order valence-corrected chi connectivity index (χ1v) is 9.95. The van der Waals surface area contributed by atoms with E-state index in [2.05, 4.69) is 46.7 Å². The second kappa shape index (κ2) is 7.23. The molecule has 3 heterocycles. The zero-order valence-electron chi connectivity index (χ0n) is 14.3. The van der Waals surface area contributed by atoms with Gasteiger partial charge in [0.05, 0.1) is 6.67 Å². The fourth-order valence-corrected chi connectivity index (χ4v) is 4.63. The van der Waals surface area contributed by atoms with Crippen LogP contribution in [0.3, 0.4) is 0 Å². The Morgan fingerprint density at radius 1 is 1.20 bits per heavy atom. The van der Waals surface area contributed by atoms with E-state index in [9.17, 15) is 0 Å². The molecule has 0 N–H and O–H groups in total. The van der Waals surface area contributed by atoms with E-state index in [4.69, 9.17) is 17.3 Å². The van der Waals surface area contributed by atoms with Gasteiger partial charge in [-0.15, -0.1) is 11.3 Å². The summed E-state index contributed by atoms with van der Waals surface area (Å²) in [4.78, 5) is 3.95. The molecule has 4 nitrogen and oxygen atoms in total. The van der Waals surface area contributed by atoms with Gasteiger partial charge in [-0.3, -0.25) is 4.90 Å². The van der Waals surface area contributed by atoms with E-state index in [-0.39, 0.29) is 0 Å². The highest BCUT2D eigenvalue weighted by molar-refractivity contribution is 7.71. The predicted octanol–water partition coefficient (Wildman–Crippen LogP) is 4.40. The third-order valence-electron chi connectivity index (χ3n) is 4.89. The SMILES string of the molecule is Cn1c(Cc2ccccc2)nn(CN2CCC[C@@H]2c2cccs2)c1=S. The molecule has 0 unspecified atom stereocenters. The average Bonchev–Trinajstić information content (AvgIpc) is 3.35. The van der Waals surface area contributed by atoms with Crippen molar-refractivity contribution in [2.75, 3.05) is 6.54 Å². The molecule has 1 saturated heterocycles. The molecule has 6 heteroatoms. The number of likely N-dealkylation sites (tertiary alicyclic amines) is 1. The topological polar surface area (TPSA) is 26.0 Å². The van der Waals surface area contributed by atoms with Gasteiger partial charge in [-0.25, -0.2) is 4.68 Å². The van der Waals surface area contributed by atoms with Crippen LogP contribution < -0.4 is 0 Å². The Morgan fingerprint density at radius 2 is 2.04 bits per heavy atom. The third-order valence-corrected chi connectivity index (χ3v) is 6.35. The first-order chi connectivity index (χ1) is 12.2. The maximum absolute atomic E-state index is 5.64. The van der Waals surface area contributed by atoms with Gasteiger partial charge in [0.1, 0.15) is 5.82 Å². The highest BCUT2D eigenvalue weighted by Crippen LogP contribution is 2.34. The van der Waals surface area contributed by atoms with Crippen molar-refractivity contribution in [2.45, 2.75) is 32.0 Å². The van der Waals surface area contributed by atoms with E-state index < -0.39 is 0 Å². The number of rotatable bonds is 5.